The number of carbonyl (C=O) groups is 1. The normalized spacial score (nSPS) is 25.4. The molecular formula is C27H37ClN6O2. The lowest BCUT2D eigenvalue weighted by Crippen LogP contribution is -2.51. The minimum atomic E-state index is -0.516. The fraction of sp³-hybridized carbons (Fsp3) is 0.593. The maximum absolute atomic E-state index is 13.9. The molecule has 3 heterocycles. The lowest BCUT2D eigenvalue weighted by Gasteiger charge is -2.38. The van der Waals surface area contributed by atoms with Gasteiger partial charge in [0.25, 0.3) is 0 Å². The number of benzene rings is 1. The fourth-order valence-electron chi connectivity index (χ4n) is 5.99. The van der Waals surface area contributed by atoms with Gasteiger partial charge in [-0.05, 0) is 57.1 Å². The van der Waals surface area contributed by atoms with E-state index < -0.39 is 6.10 Å². The van der Waals surface area contributed by atoms with Gasteiger partial charge in [0.15, 0.2) is 0 Å². The Balaban J connectivity index is 1.29. The van der Waals surface area contributed by atoms with E-state index in [0.29, 0.717) is 30.6 Å². The van der Waals surface area contributed by atoms with E-state index in [1.54, 1.807) is 6.33 Å². The molecule has 0 bridgehead atoms. The first-order valence-electron chi connectivity index (χ1n) is 13.0. The van der Waals surface area contributed by atoms with Crippen LogP contribution >= 0.6 is 11.6 Å². The van der Waals surface area contributed by atoms with Crippen LogP contribution in [0.25, 0.3) is 0 Å². The van der Waals surface area contributed by atoms with Crippen molar-refractivity contribution in [3.63, 3.8) is 0 Å². The van der Waals surface area contributed by atoms with Gasteiger partial charge in [0.05, 0.1) is 17.7 Å². The van der Waals surface area contributed by atoms with Crippen molar-refractivity contribution in [2.75, 3.05) is 64.8 Å². The number of rotatable bonds is 6. The second-order valence-corrected chi connectivity index (χ2v) is 11.2. The van der Waals surface area contributed by atoms with E-state index in [-0.39, 0.29) is 17.7 Å². The van der Waals surface area contributed by atoms with Gasteiger partial charge in [0, 0.05) is 55.9 Å². The standard InChI is InChI=1S/C27H37ClN6O2/c1-18-14-23(35)25-24(18)26(30-17-29-25)33-10-12-34(13-11-33)27(36)22(19-4-6-20(28)7-5-19)16-32-9-8-21(15-32)31(2)3/h4-7,17-18,21-23,35H,8-16H2,1-3H3/t18-,21+,22+,23-/m1/s1. The van der Waals surface area contributed by atoms with E-state index in [9.17, 15) is 9.90 Å². The molecule has 36 heavy (non-hydrogen) atoms. The van der Waals surface area contributed by atoms with Gasteiger partial charge in [0.2, 0.25) is 5.91 Å². The Morgan fingerprint density at radius 2 is 1.86 bits per heavy atom. The van der Waals surface area contributed by atoms with Crippen LogP contribution in [0, 0.1) is 0 Å². The minimum absolute atomic E-state index is 0.182. The van der Waals surface area contributed by atoms with Crippen LogP contribution in [0.5, 0.6) is 0 Å². The van der Waals surface area contributed by atoms with Crippen LogP contribution in [-0.4, -0.2) is 102 Å². The molecule has 2 aromatic rings. The van der Waals surface area contributed by atoms with Crippen molar-refractivity contribution < 1.29 is 9.90 Å². The fourth-order valence-corrected chi connectivity index (χ4v) is 6.12. The summed E-state index contributed by atoms with van der Waals surface area (Å²) < 4.78 is 0. The molecule has 8 nitrogen and oxygen atoms in total. The summed E-state index contributed by atoms with van der Waals surface area (Å²) >= 11 is 6.16. The van der Waals surface area contributed by atoms with Gasteiger partial charge in [0.1, 0.15) is 12.1 Å². The molecule has 1 aliphatic carbocycles. The number of aliphatic hydroxyl groups excluding tert-OH is 1. The maximum Gasteiger partial charge on any atom is 0.231 e. The summed E-state index contributed by atoms with van der Waals surface area (Å²) in [5, 5.41) is 11.0. The molecule has 1 aromatic heterocycles. The third-order valence-corrected chi connectivity index (χ3v) is 8.41. The molecule has 1 amide bonds. The molecular weight excluding hydrogens is 476 g/mol. The topological polar surface area (TPSA) is 76.0 Å². The maximum atomic E-state index is 13.9. The summed E-state index contributed by atoms with van der Waals surface area (Å²) in [7, 11) is 4.26. The summed E-state index contributed by atoms with van der Waals surface area (Å²) in [6.45, 7) is 7.59. The number of aromatic nitrogens is 2. The van der Waals surface area contributed by atoms with Crippen molar-refractivity contribution in [1.82, 2.24) is 24.7 Å². The first-order valence-corrected chi connectivity index (χ1v) is 13.4. The van der Waals surface area contributed by atoms with E-state index in [1.165, 1.54) is 0 Å². The van der Waals surface area contributed by atoms with Gasteiger partial charge in [-0.25, -0.2) is 9.97 Å². The Morgan fingerprint density at radius 3 is 2.53 bits per heavy atom. The SMILES string of the molecule is C[C@@H]1C[C@@H](O)c2ncnc(N3CCN(C(=O)[C@@H](CN4CC[C@H](N(C)C)C4)c4ccc(Cl)cc4)CC3)c21. The molecule has 194 valence electrons. The number of aliphatic hydroxyl groups is 1. The minimum Gasteiger partial charge on any atom is -0.387 e. The van der Waals surface area contributed by atoms with Crippen LogP contribution in [0.1, 0.15) is 54.5 Å². The number of piperazine rings is 1. The van der Waals surface area contributed by atoms with Gasteiger partial charge in [-0.3, -0.25) is 4.79 Å². The van der Waals surface area contributed by atoms with Crippen LogP contribution in [0.15, 0.2) is 30.6 Å². The highest BCUT2D eigenvalue weighted by molar-refractivity contribution is 6.30. The van der Waals surface area contributed by atoms with Gasteiger partial charge >= 0.3 is 0 Å². The van der Waals surface area contributed by atoms with E-state index >= 15 is 0 Å². The van der Waals surface area contributed by atoms with Crippen LogP contribution in [-0.2, 0) is 4.79 Å². The summed E-state index contributed by atoms with van der Waals surface area (Å²) in [6.07, 6.45) is 2.86. The molecule has 1 aromatic carbocycles. The molecule has 0 saturated carbocycles. The lowest BCUT2D eigenvalue weighted by atomic mass is 9.96. The number of likely N-dealkylation sites (tertiary alicyclic amines) is 1. The van der Waals surface area contributed by atoms with E-state index in [0.717, 1.165) is 61.8 Å². The molecule has 0 spiro atoms. The second-order valence-electron chi connectivity index (χ2n) is 10.7. The average Bonchev–Trinajstić information content (AvgIpc) is 3.47. The van der Waals surface area contributed by atoms with Crippen LogP contribution in [0.4, 0.5) is 5.82 Å². The highest BCUT2D eigenvalue weighted by Gasteiger charge is 2.36. The molecule has 5 rings (SSSR count). The lowest BCUT2D eigenvalue weighted by molar-refractivity contribution is -0.133. The van der Waals surface area contributed by atoms with Crippen LogP contribution in [0.3, 0.4) is 0 Å². The Bertz CT molecular complexity index is 1070. The Morgan fingerprint density at radius 1 is 1.14 bits per heavy atom. The quantitative estimate of drug-likeness (QED) is 0.637. The van der Waals surface area contributed by atoms with E-state index in [4.69, 9.17) is 11.6 Å². The molecule has 3 aliphatic rings. The number of hydrogen-bond donors (Lipinski definition) is 1. The van der Waals surface area contributed by atoms with Gasteiger partial charge < -0.3 is 24.7 Å². The molecule has 9 heteroatoms. The summed E-state index contributed by atoms with van der Waals surface area (Å²) in [5.74, 6) is 1.11. The zero-order valence-electron chi connectivity index (χ0n) is 21.5. The predicted octanol–water partition coefficient (Wildman–Crippen LogP) is 2.74. The number of nitrogens with zero attached hydrogens (tertiary/aromatic N) is 6. The number of anilines is 1. The first kappa shape index (κ1) is 25.4. The summed E-state index contributed by atoms with van der Waals surface area (Å²) in [6, 6.07) is 8.29. The van der Waals surface area contributed by atoms with E-state index in [2.05, 4.69) is 45.7 Å². The molecule has 2 saturated heterocycles. The highest BCUT2D eigenvalue weighted by Crippen LogP contribution is 2.42. The van der Waals surface area contributed by atoms with Gasteiger partial charge in [-0.15, -0.1) is 0 Å². The van der Waals surface area contributed by atoms with Crippen molar-refractivity contribution in [2.45, 2.75) is 43.7 Å². The van der Waals surface area contributed by atoms with Crippen molar-refractivity contribution in [3.05, 3.63) is 52.4 Å². The number of carbonyl (C=O) groups excluding carboxylic acids is 1. The smallest absolute Gasteiger partial charge is 0.231 e. The first-order chi connectivity index (χ1) is 17.3. The van der Waals surface area contributed by atoms with Crippen molar-refractivity contribution in [2.24, 2.45) is 0 Å². The second kappa shape index (κ2) is 10.6. The summed E-state index contributed by atoms with van der Waals surface area (Å²) in [5.41, 5.74) is 2.85. The largest absolute Gasteiger partial charge is 0.387 e. The third kappa shape index (κ3) is 5.09. The van der Waals surface area contributed by atoms with Crippen LogP contribution in [0.2, 0.25) is 5.02 Å². The number of amides is 1. The molecule has 0 radical (unpaired) electrons. The third-order valence-electron chi connectivity index (χ3n) is 8.16. The molecule has 0 unspecified atom stereocenters. The van der Waals surface area contributed by atoms with Gasteiger partial charge in [-0.1, -0.05) is 30.7 Å². The Kier molecular flexibility index (Phi) is 7.49. The summed E-state index contributed by atoms with van der Waals surface area (Å²) in [4.78, 5) is 31.8. The van der Waals surface area contributed by atoms with Gasteiger partial charge in [-0.2, -0.15) is 0 Å². The van der Waals surface area contributed by atoms with Crippen LogP contribution < -0.4 is 4.90 Å². The molecule has 2 fully saturated rings. The molecule has 2 aliphatic heterocycles. The zero-order chi connectivity index (χ0) is 25.4. The monoisotopic (exact) mass is 512 g/mol. The Hall–Kier alpha value is -2.26. The number of hydrogen-bond acceptors (Lipinski definition) is 7. The van der Waals surface area contributed by atoms with Crippen molar-refractivity contribution in [1.29, 1.82) is 0 Å². The average molecular weight is 513 g/mol. The molecule has 4 atom stereocenters. The zero-order valence-corrected chi connectivity index (χ0v) is 22.2. The highest BCUT2D eigenvalue weighted by atomic mass is 35.5. The Labute approximate surface area is 218 Å². The number of likely N-dealkylation sites (N-methyl/N-ethyl adjacent to an activating group) is 1. The van der Waals surface area contributed by atoms with Crippen molar-refractivity contribution >= 4 is 23.3 Å². The number of fused-ring (bicyclic) bond motifs is 1. The predicted molar refractivity (Wildman–Crippen MR) is 142 cm³/mol. The van der Waals surface area contributed by atoms with E-state index in [1.807, 2.05) is 29.2 Å². The number of halogens is 1. The molecule has 1 N–H and O–H groups in total. The van der Waals surface area contributed by atoms with Crippen molar-refractivity contribution in [3.8, 4) is 0 Å².